The van der Waals surface area contributed by atoms with Gasteiger partial charge in [-0.2, -0.15) is 0 Å². The zero-order chi connectivity index (χ0) is 36.9. The molecule has 0 N–H and O–H groups in total. The van der Waals surface area contributed by atoms with Gasteiger partial charge in [0.25, 0.3) is 0 Å². The van der Waals surface area contributed by atoms with Gasteiger partial charge < -0.3 is 57.5 Å². The van der Waals surface area contributed by atoms with Gasteiger partial charge in [-0.1, -0.05) is 24.3 Å². The zero-order valence-electron chi connectivity index (χ0n) is 30.3. The SMILES string of the molecule is O=C1/C=C\C=C/C(=O)N2CCOCCOCCN(CCOCCOCC2)C(=O)/C=C\C=C/C(=O)N2CCOCCOCCN1CCOCCOCC2. The summed E-state index contributed by atoms with van der Waals surface area (Å²) in [6.07, 6.45) is 11.8. The number of allylic oxidation sites excluding steroid dienone is 4. The van der Waals surface area contributed by atoms with Gasteiger partial charge in [0.1, 0.15) is 0 Å². The van der Waals surface area contributed by atoms with Crippen molar-refractivity contribution in [2.45, 2.75) is 0 Å². The number of hydrogen-bond donors (Lipinski definition) is 0. The number of hydrogen-bond acceptors (Lipinski definition) is 12. The van der Waals surface area contributed by atoms with Crippen LogP contribution in [-0.4, -0.2) is 201 Å². The van der Waals surface area contributed by atoms with Crippen molar-refractivity contribution in [3.05, 3.63) is 48.6 Å². The molecule has 0 saturated carbocycles. The van der Waals surface area contributed by atoms with Gasteiger partial charge in [-0.25, -0.2) is 0 Å². The highest BCUT2D eigenvalue weighted by Crippen LogP contribution is 2.01. The normalized spacial score (nSPS) is 25.4. The second kappa shape index (κ2) is 28.1. The predicted molar refractivity (Wildman–Crippen MR) is 189 cm³/mol. The number of carbonyl (C=O) groups excluding carboxylic acids is 4. The van der Waals surface area contributed by atoms with E-state index in [4.69, 9.17) is 37.9 Å². The molecule has 0 unspecified atom stereocenters. The first kappa shape index (κ1) is 42.9. The van der Waals surface area contributed by atoms with Crippen LogP contribution in [0.15, 0.2) is 48.6 Å². The average Bonchev–Trinajstić information content (AvgIpc) is 3.14. The molecule has 4 amide bonds. The Bertz CT molecular complexity index is 948. The minimum absolute atomic E-state index is 0.242. The third-order valence-corrected chi connectivity index (χ3v) is 7.96. The van der Waals surface area contributed by atoms with Crippen molar-refractivity contribution >= 4 is 23.6 Å². The maximum absolute atomic E-state index is 13.0. The second-order valence-corrected chi connectivity index (χ2v) is 11.6. The first-order chi connectivity index (χ1) is 25.5. The molecule has 0 spiro atoms. The molecule has 2 saturated heterocycles. The largest absolute Gasteiger partial charge is 0.377 e. The van der Waals surface area contributed by atoms with E-state index in [0.717, 1.165) is 0 Å². The van der Waals surface area contributed by atoms with Crippen molar-refractivity contribution in [1.82, 2.24) is 19.6 Å². The predicted octanol–water partition coefficient (Wildman–Crippen LogP) is -0.301. The van der Waals surface area contributed by atoms with Gasteiger partial charge in [-0.3, -0.25) is 19.2 Å². The smallest absolute Gasteiger partial charge is 0.246 e. The van der Waals surface area contributed by atoms with E-state index >= 15 is 0 Å². The van der Waals surface area contributed by atoms with Gasteiger partial charge in [0.2, 0.25) is 23.6 Å². The van der Waals surface area contributed by atoms with Crippen LogP contribution in [-0.2, 0) is 57.1 Å². The molecule has 0 aliphatic carbocycles. The lowest BCUT2D eigenvalue weighted by Gasteiger charge is -2.23. The molecule has 6 aliphatic rings. The lowest BCUT2D eigenvalue weighted by Crippen LogP contribution is -2.37. The zero-order valence-corrected chi connectivity index (χ0v) is 30.3. The van der Waals surface area contributed by atoms with Crippen LogP contribution >= 0.6 is 0 Å². The van der Waals surface area contributed by atoms with E-state index in [1.54, 1.807) is 19.6 Å². The highest BCUT2D eigenvalue weighted by atomic mass is 16.5. The molecule has 52 heavy (non-hydrogen) atoms. The van der Waals surface area contributed by atoms with Crippen molar-refractivity contribution in [2.75, 3.05) is 158 Å². The lowest BCUT2D eigenvalue weighted by molar-refractivity contribution is -0.129. The summed E-state index contributed by atoms with van der Waals surface area (Å²) in [5.74, 6) is -0.968. The summed E-state index contributed by atoms with van der Waals surface area (Å²) in [6.45, 7) is 7.56. The van der Waals surface area contributed by atoms with Crippen LogP contribution in [0.25, 0.3) is 0 Å². The monoisotopic (exact) mass is 736 g/mol. The summed E-state index contributed by atoms with van der Waals surface area (Å²) < 4.78 is 45.6. The Morgan fingerprint density at radius 2 is 0.423 bits per heavy atom. The van der Waals surface area contributed by atoms with Gasteiger partial charge in [0.05, 0.1) is 106 Å². The Balaban J connectivity index is 1.78. The summed E-state index contributed by atoms with van der Waals surface area (Å²) in [7, 11) is 0. The Morgan fingerprint density at radius 1 is 0.269 bits per heavy atom. The molecule has 2 fully saturated rings. The molecule has 6 aliphatic heterocycles. The van der Waals surface area contributed by atoms with E-state index in [-0.39, 0.29) is 23.6 Å². The topological polar surface area (TPSA) is 155 Å². The number of nitrogens with zero attached hydrogens (tertiary/aromatic N) is 4. The van der Waals surface area contributed by atoms with E-state index in [2.05, 4.69) is 0 Å². The van der Waals surface area contributed by atoms with Crippen LogP contribution in [0, 0.1) is 0 Å². The van der Waals surface area contributed by atoms with Crippen LogP contribution < -0.4 is 0 Å². The van der Waals surface area contributed by atoms with Crippen molar-refractivity contribution in [3.8, 4) is 0 Å². The minimum Gasteiger partial charge on any atom is -0.377 e. The van der Waals surface area contributed by atoms with E-state index in [0.29, 0.717) is 158 Å². The Hall–Kier alpha value is -3.48. The highest BCUT2D eigenvalue weighted by Gasteiger charge is 2.15. The summed E-state index contributed by atoms with van der Waals surface area (Å²) in [4.78, 5) is 58.7. The first-order valence-electron chi connectivity index (χ1n) is 18.0. The van der Waals surface area contributed by atoms with Crippen LogP contribution in [0.3, 0.4) is 0 Å². The molecule has 0 aromatic heterocycles. The molecule has 6 rings (SSSR count). The fraction of sp³-hybridized carbons (Fsp3) is 0.667. The quantitative estimate of drug-likeness (QED) is 0.321. The molecular formula is C36H56N4O12. The third kappa shape index (κ3) is 19.4. The van der Waals surface area contributed by atoms with Crippen molar-refractivity contribution in [2.24, 2.45) is 0 Å². The summed E-state index contributed by atoms with van der Waals surface area (Å²) in [5.41, 5.74) is 0. The van der Waals surface area contributed by atoms with Crippen LogP contribution in [0.4, 0.5) is 0 Å². The van der Waals surface area contributed by atoms with E-state index in [1.165, 1.54) is 48.6 Å². The van der Waals surface area contributed by atoms with Crippen LogP contribution in [0.1, 0.15) is 0 Å². The number of carbonyl (C=O) groups is 4. The van der Waals surface area contributed by atoms with Gasteiger partial charge in [-0.15, -0.1) is 0 Å². The van der Waals surface area contributed by atoms with Crippen LogP contribution in [0.5, 0.6) is 0 Å². The molecular weight excluding hydrogens is 680 g/mol. The fourth-order valence-electron chi connectivity index (χ4n) is 4.99. The number of amides is 4. The molecule has 16 heteroatoms. The maximum atomic E-state index is 13.0. The molecule has 4 bridgehead atoms. The molecule has 0 aromatic rings. The van der Waals surface area contributed by atoms with Crippen LogP contribution in [0.2, 0.25) is 0 Å². The summed E-state index contributed by atoms with van der Waals surface area (Å²) in [6, 6.07) is 0. The Morgan fingerprint density at radius 3 is 0.577 bits per heavy atom. The van der Waals surface area contributed by atoms with Gasteiger partial charge in [-0.05, 0) is 0 Å². The van der Waals surface area contributed by atoms with Crippen molar-refractivity contribution in [1.29, 1.82) is 0 Å². The van der Waals surface area contributed by atoms with E-state index in [1.807, 2.05) is 0 Å². The maximum Gasteiger partial charge on any atom is 0.246 e. The first-order valence-corrected chi connectivity index (χ1v) is 18.0. The Labute approximate surface area is 306 Å². The summed E-state index contributed by atoms with van der Waals surface area (Å²) in [5, 5.41) is 0. The standard InChI is InChI=1S/C36H56N4O12/c41-33-5-1-2-6-34(42)38-11-19-47-29-31-51-23-15-40(16-24-52-32-30-48-20-12-38)36(44)8-4-3-7-35(43)39-13-21-49-27-25-45-17-9-37(33)10-18-46-26-28-50-22-14-39/h1-8H,9-32H2/b5-1-,6-2-,7-3-,8-4-. The lowest BCUT2D eigenvalue weighted by atomic mass is 10.3. The fourth-order valence-corrected chi connectivity index (χ4v) is 4.99. The number of ether oxygens (including phenoxy) is 8. The molecule has 16 nitrogen and oxygen atoms in total. The van der Waals surface area contributed by atoms with Crippen molar-refractivity contribution < 1.29 is 57.1 Å². The molecule has 6 heterocycles. The third-order valence-electron chi connectivity index (χ3n) is 7.96. The molecule has 0 radical (unpaired) electrons. The van der Waals surface area contributed by atoms with Crippen molar-refractivity contribution in [3.63, 3.8) is 0 Å². The van der Waals surface area contributed by atoms with Gasteiger partial charge >= 0.3 is 0 Å². The average molecular weight is 737 g/mol. The molecule has 0 aromatic carbocycles. The van der Waals surface area contributed by atoms with E-state index < -0.39 is 0 Å². The second-order valence-electron chi connectivity index (χ2n) is 11.6. The van der Waals surface area contributed by atoms with E-state index in [9.17, 15) is 19.2 Å². The molecule has 292 valence electrons. The minimum atomic E-state index is -0.242. The number of rotatable bonds is 0. The molecule has 0 atom stereocenters. The van der Waals surface area contributed by atoms with Gasteiger partial charge in [0, 0.05) is 76.7 Å². The Kier molecular flexibility index (Phi) is 23.2. The highest BCUT2D eigenvalue weighted by molar-refractivity contribution is 5.90. The summed E-state index contributed by atoms with van der Waals surface area (Å²) >= 11 is 0. The van der Waals surface area contributed by atoms with Gasteiger partial charge in [0.15, 0.2) is 0 Å².